The van der Waals surface area contributed by atoms with Crippen LogP contribution in [0.3, 0.4) is 0 Å². The first-order chi connectivity index (χ1) is 9.51. The smallest absolute Gasteiger partial charge is 0.358 e. The summed E-state index contributed by atoms with van der Waals surface area (Å²) in [5, 5.41) is 3.86. The molecular weight excluding hydrogens is 274 g/mol. The van der Waals surface area contributed by atoms with Gasteiger partial charge in [-0.2, -0.15) is 0 Å². The topological polar surface area (TPSA) is 64.1 Å². The van der Waals surface area contributed by atoms with Crippen molar-refractivity contribution in [1.82, 2.24) is 9.97 Å². The molecule has 1 N–H and O–H groups in total. The first-order valence-electron chi connectivity index (χ1n) is 6.37. The molecule has 2 rings (SSSR count). The van der Waals surface area contributed by atoms with Crippen molar-refractivity contribution in [2.75, 3.05) is 11.9 Å². The minimum atomic E-state index is -0.381. The lowest BCUT2D eigenvalue weighted by Crippen LogP contribution is -2.06. The molecule has 0 radical (unpaired) electrons. The second kappa shape index (κ2) is 6.00. The van der Waals surface area contributed by atoms with E-state index in [0.717, 1.165) is 22.0 Å². The fourth-order valence-electron chi connectivity index (χ4n) is 1.77. The van der Waals surface area contributed by atoms with E-state index in [0.29, 0.717) is 17.4 Å². The fourth-order valence-corrected chi connectivity index (χ4v) is 2.59. The molecule has 0 bridgehead atoms. The number of hydrogen-bond donors (Lipinski definition) is 1. The first-order valence-corrected chi connectivity index (χ1v) is 7.18. The van der Waals surface area contributed by atoms with Crippen molar-refractivity contribution in [2.24, 2.45) is 0 Å². The molecule has 0 aromatic carbocycles. The minimum absolute atomic E-state index is 0.347. The third-order valence-electron chi connectivity index (χ3n) is 2.73. The van der Waals surface area contributed by atoms with Crippen LogP contribution in [0.5, 0.6) is 0 Å². The van der Waals surface area contributed by atoms with Gasteiger partial charge in [0.2, 0.25) is 0 Å². The molecule has 0 spiro atoms. The van der Waals surface area contributed by atoms with Gasteiger partial charge in [0.15, 0.2) is 10.8 Å². The Morgan fingerprint density at radius 2 is 2.05 bits per heavy atom. The van der Waals surface area contributed by atoms with Gasteiger partial charge < -0.3 is 10.1 Å². The number of anilines is 2. The summed E-state index contributed by atoms with van der Waals surface area (Å²) < 4.78 is 4.98. The molecule has 20 heavy (non-hydrogen) atoms. The van der Waals surface area contributed by atoms with E-state index >= 15 is 0 Å². The molecule has 0 atom stereocenters. The van der Waals surface area contributed by atoms with Crippen LogP contribution >= 0.6 is 11.3 Å². The Hall–Kier alpha value is -1.95. The van der Waals surface area contributed by atoms with Crippen LogP contribution in [-0.4, -0.2) is 22.5 Å². The predicted molar refractivity (Wildman–Crippen MR) is 79.8 cm³/mol. The molecule has 0 fully saturated rings. The molecule has 0 aliphatic rings. The van der Waals surface area contributed by atoms with Crippen LogP contribution < -0.4 is 5.32 Å². The quantitative estimate of drug-likeness (QED) is 0.875. The highest BCUT2D eigenvalue weighted by Gasteiger charge is 2.16. The highest BCUT2D eigenvalue weighted by atomic mass is 32.1. The summed E-state index contributed by atoms with van der Waals surface area (Å²) in [4.78, 5) is 21.2. The van der Waals surface area contributed by atoms with Crippen LogP contribution in [0.1, 0.15) is 33.7 Å². The second-order valence-electron chi connectivity index (χ2n) is 4.35. The van der Waals surface area contributed by atoms with Crippen LogP contribution in [-0.2, 0) is 4.74 Å². The molecule has 5 nitrogen and oxygen atoms in total. The monoisotopic (exact) mass is 291 g/mol. The van der Waals surface area contributed by atoms with Gasteiger partial charge in [-0.3, -0.25) is 4.98 Å². The van der Waals surface area contributed by atoms with E-state index in [1.54, 1.807) is 6.92 Å². The average molecular weight is 291 g/mol. The van der Waals surface area contributed by atoms with Crippen molar-refractivity contribution in [1.29, 1.82) is 0 Å². The lowest BCUT2D eigenvalue weighted by Gasteiger charge is -2.06. The van der Waals surface area contributed by atoms with Gasteiger partial charge in [-0.1, -0.05) is 0 Å². The van der Waals surface area contributed by atoms with E-state index in [1.807, 2.05) is 32.9 Å². The van der Waals surface area contributed by atoms with E-state index in [4.69, 9.17) is 4.74 Å². The zero-order valence-corrected chi connectivity index (χ0v) is 12.8. The van der Waals surface area contributed by atoms with Crippen molar-refractivity contribution < 1.29 is 9.53 Å². The van der Waals surface area contributed by atoms with E-state index in [9.17, 15) is 4.79 Å². The summed E-state index contributed by atoms with van der Waals surface area (Å²) >= 11 is 1.43. The maximum atomic E-state index is 11.7. The molecule has 0 aliphatic carbocycles. The van der Waals surface area contributed by atoms with Crippen molar-refractivity contribution in [3.8, 4) is 0 Å². The number of hydrogen-bond acceptors (Lipinski definition) is 6. The lowest BCUT2D eigenvalue weighted by molar-refractivity contribution is 0.0519. The Morgan fingerprint density at radius 1 is 1.30 bits per heavy atom. The molecule has 106 valence electrons. The van der Waals surface area contributed by atoms with Crippen molar-refractivity contribution >= 4 is 28.1 Å². The van der Waals surface area contributed by atoms with Crippen molar-refractivity contribution in [2.45, 2.75) is 27.7 Å². The third kappa shape index (κ3) is 3.14. The van der Waals surface area contributed by atoms with Crippen LogP contribution in [0.2, 0.25) is 0 Å². The summed E-state index contributed by atoms with van der Waals surface area (Å²) in [5.41, 5.74) is 3.13. The van der Waals surface area contributed by atoms with E-state index in [-0.39, 0.29) is 5.97 Å². The molecule has 2 aromatic rings. The number of thiazole rings is 1. The maximum absolute atomic E-state index is 11.7. The molecular formula is C14H17N3O2S. The van der Waals surface area contributed by atoms with Crippen LogP contribution in [0, 0.1) is 20.8 Å². The van der Waals surface area contributed by atoms with Crippen LogP contribution in [0.4, 0.5) is 10.8 Å². The van der Waals surface area contributed by atoms with Gasteiger partial charge in [0.25, 0.3) is 0 Å². The normalized spacial score (nSPS) is 10.4. The summed E-state index contributed by atoms with van der Waals surface area (Å²) in [6.07, 6.45) is 0. The summed E-state index contributed by atoms with van der Waals surface area (Å²) in [6, 6.07) is 3.89. The van der Waals surface area contributed by atoms with Crippen LogP contribution in [0.25, 0.3) is 0 Å². The number of rotatable bonds is 4. The number of pyridine rings is 1. The van der Waals surface area contributed by atoms with Gasteiger partial charge in [-0.05, 0) is 39.8 Å². The Morgan fingerprint density at radius 3 is 2.70 bits per heavy atom. The second-order valence-corrected chi connectivity index (χ2v) is 5.56. The third-order valence-corrected chi connectivity index (χ3v) is 3.62. The standard InChI is InChI=1S/C14H17N3O2S/c1-5-19-13(18)12-10(4)20-14(17-12)16-11-7-6-8(2)15-9(11)3/h6-7H,5H2,1-4H3,(H,16,17). The first kappa shape index (κ1) is 14.5. The molecule has 0 aliphatic heterocycles. The number of ether oxygens (including phenoxy) is 1. The lowest BCUT2D eigenvalue weighted by atomic mass is 10.3. The average Bonchev–Trinajstić information content (AvgIpc) is 2.74. The number of nitrogens with one attached hydrogen (secondary N) is 1. The SMILES string of the molecule is CCOC(=O)c1nc(Nc2ccc(C)nc2C)sc1C. The maximum Gasteiger partial charge on any atom is 0.358 e. The molecule has 0 amide bonds. The van der Waals surface area contributed by atoms with Gasteiger partial charge in [-0.15, -0.1) is 11.3 Å². The minimum Gasteiger partial charge on any atom is -0.461 e. The number of carbonyl (C=O) groups excluding carboxylic acids is 1. The largest absolute Gasteiger partial charge is 0.461 e. The Balaban J connectivity index is 2.22. The van der Waals surface area contributed by atoms with Gasteiger partial charge in [0, 0.05) is 10.6 Å². The van der Waals surface area contributed by atoms with Crippen molar-refractivity contribution in [3.05, 3.63) is 34.1 Å². The van der Waals surface area contributed by atoms with E-state index < -0.39 is 0 Å². The van der Waals surface area contributed by atoms with Gasteiger partial charge >= 0.3 is 5.97 Å². The zero-order valence-electron chi connectivity index (χ0n) is 12.0. The Labute approximate surface area is 122 Å². The molecule has 2 aromatic heterocycles. The highest BCUT2D eigenvalue weighted by Crippen LogP contribution is 2.27. The Kier molecular flexibility index (Phi) is 4.34. The van der Waals surface area contributed by atoms with Gasteiger partial charge in [0.1, 0.15) is 0 Å². The number of aromatic nitrogens is 2. The molecule has 0 saturated heterocycles. The Bertz CT molecular complexity index is 637. The number of carbonyl (C=O) groups is 1. The molecule has 0 unspecified atom stereocenters. The van der Waals surface area contributed by atoms with Crippen LogP contribution in [0.15, 0.2) is 12.1 Å². The fraction of sp³-hybridized carbons (Fsp3) is 0.357. The zero-order chi connectivity index (χ0) is 14.7. The molecule has 2 heterocycles. The number of esters is 1. The molecule has 6 heteroatoms. The summed E-state index contributed by atoms with van der Waals surface area (Å²) in [6.45, 7) is 7.86. The van der Waals surface area contributed by atoms with Gasteiger partial charge in [0.05, 0.1) is 18.0 Å². The number of nitrogens with zero attached hydrogens (tertiary/aromatic N) is 2. The summed E-state index contributed by atoms with van der Waals surface area (Å²) in [7, 11) is 0. The van der Waals surface area contributed by atoms with E-state index in [1.165, 1.54) is 11.3 Å². The predicted octanol–water partition coefficient (Wildman–Crippen LogP) is 3.38. The summed E-state index contributed by atoms with van der Waals surface area (Å²) in [5.74, 6) is -0.381. The van der Waals surface area contributed by atoms with Gasteiger partial charge in [-0.25, -0.2) is 9.78 Å². The number of aryl methyl sites for hydroxylation is 3. The highest BCUT2D eigenvalue weighted by molar-refractivity contribution is 7.15. The van der Waals surface area contributed by atoms with Crippen molar-refractivity contribution in [3.63, 3.8) is 0 Å². The molecule has 0 saturated carbocycles. The van der Waals surface area contributed by atoms with E-state index in [2.05, 4.69) is 15.3 Å².